The molecule has 0 atom stereocenters. The summed E-state index contributed by atoms with van der Waals surface area (Å²) in [7, 11) is 2.89. The molecule has 0 aliphatic rings. The highest BCUT2D eigenvalue weighted by Gasteiger charge is 2.19. The van der Waals surface area contributed by atoms with Gasteiger partial charge in [-0.15, -0.1) is 10.2 Å². The Morgan fingerprint density at radius 2 is 1.90 bits per heavy atom. The summed E-state index contributed by atoms with van der Waals surface area (Å²) in [6.45, 7) is 1.94. The number of nitrogens with zero attached hydrogens (tertiary/aromatic N) is 5. The lowest BCUT2D eigenvalue weighted by molar-refractivity contribution is 0.0958. The van der Waals surface area contributed by atoms with Crippen molar-refractivity contribution in [3.8, 4) is 5.75 Å². The number of methoxy groups -OCH3 is 1. The number of pyridine rings is 2. The number of aryl methyl sites for hydroxylation is 1. The standard InChI is InChI=1S/C19H21N9O3/c1-10-4-6-22-13(8-10)25-14-9-12(15(27-26-14)19(29)21-2)24-18-16(31-3)11(5-7-23-18)17(20)28-30/h4-9,30H,1-3H3,(H2,20,28)(H,21,29)(H2,22,23,24,25,26). The largest absolute Gasteiger partial charge is 0.492 e. The Morgan fingerprint density at radius 1 is 1.13 bits per heavy atom. The molecule has 3 heterocycles. The maximum atomic E-state index is 12.3. The molecular formula is C19H21N9O3. The Bertz CT molecular complexity index is 1130. The quantitative estimate of drug-likeness (QED) is 0.162. The second kappa shape index (κ2) is 9.35. The van der Waals surface area contributed by atoms with Crippen molar-refractivity contribution in [2.24, 2.45) is 10.9 Å². The Hall–Kier alpha value is -4.48. The molecule has 3 rings (SSSR count). The van der Waals surface area contributed by atoms with E-state index >= 15 is 0 Å². The van der Waals surface area contributed by atoms with Gasteiger partial charge in [0.25, 0.3) is 5.91 Å². The van der Waals surface area contributed by atoms with Crippen LogP contribution in [0.25, 0.3) is 0 Å². The van der Waals surface area contributed by atoms with Crippen LogP contribution in [0.5, 0.6) is 5.75 Å². The first-order valence-electron chi connectivity index (χ1n) is 9.04. The van der Waals surface area contributed by atoms with E-state index in [1.807, 2.05) is 19.1 Å². The number of carbonyl (C=O) groups is 1. The van der Waals surface area contributed by atoms with E-state index in [0.717, 1.165) is 5.56 Å². The first kappa shape index (κ1) is 21.2. The lowest BCUT2D eigenvalue weighted by atomic mass is 10.2. The van der Waals surface area contributed by atoms with Gasteiger partial charge in [0, 0.05) is 25.5 Å². The van der Waals surface area contributed by atoms with Crippen LogP contribution in [-0.4, -0.2) is 51.3 Å². The molecule has 0 aliphatic heterocycles. The number of aromatic nitrogens is 4. The molecule has 3 aromatic heterocycles. The van der Waals surface area contributed by atoms with E-state index in [9.17, 15) is 4.79 Å². The second-order valence-corrected chi connectivity index (χ2v) is 6.27. The minimum absolute atomic E-state index is 0.0308. The molecule has 6 N–H and O–H groups in total. The number of amidine groups is 1. The van der Waals surface area contributed by atoms with Gasteiger partial charge in [-0.25, -0.2) is 9.97 Å². The zero-order valence-electron chi connectivity index (χ0n) is 17.0. The summed E-state index contributed by atoms with van der Waals surface area (Å²) in [6, 6.07) is 6.82. The fourth-order valence-corrected chi connectivity index (χ4v) is 2.70. The molecule has 0 saturated carbocycles. The minimum atomic E-state index is -0.457. The van der Waals surface area contributed by atoms with Crippen LogP contribution >= 0.6 is 0 Å². The number of hydrogen-bond donors (Lipinski definition) is 5. The van der Waals surface area contributed by atoms with Crippen molar-refractivity contribution in [2.75, 3.05) is 24.8 Å². The van der Waals surface area contributed by atoms with Crippen LogP contribution in [0.4, 0.5) is 23.1 Å². The van der Waals surface area contributed by atoms with E-state index in [1.54, 1.807) is 12.3 Å². The number of oxime groups is 1. The zero-order valence-corrected chi connectivity index (χ0v) is 17.0. The van der Waals surface area contributed by atoms with Crippen LogP contribution < -0.4 is 26.4 Å². The summed E-state index contributed by atoms with van der Waals surface area (Å²) in [5.41, 5.74) is 7.37. The number of ether oxygens (including phenoxy) is 1. The fourth-order valence-electron chi connectivity index (χ4n) is 2.70. The van der Waals surface area contributed by atoms with E-state index in [2.05, 4.69) is 41.3 Å². The Morgan fingerprint density at radius 3 is 2.58 bits per heavy atom. The maximum absolute atomic E-state index is 12.3. The summed E-state index contributed by atoms with van der Waals surface area (Å²) in [4.78, 5) is 20.8. The van der Waals surface area contributed by atoms with Crippen molar-refractivity contribution in [1.29, 1.82) is 0 Å². The molecule has 0 bridgehead atoms. The summed E-state index contributed by atoms with van der Waals surface area (Å²) in [5, 5.41) is 28.7. The van der Waals surface area contributed by atoms with Gasteiger partial charge in [0.05, 0.1) is 18.4 Å². The van der Waals surface area contributed by atoms with Gasteiger partial charge in [-0.1, -0.05) is 5.16 Å². The van der Waals surface area contributed by atoms with E-state index in [1.165, 1.54) is 26.4 Å². The minimum Gasteiger partial charge on any atom is -0.492 e. The van der Waals surface area contributed by atoms with Gasteiger partial charge in [-0.3, -0.25) is 4.79 Å². The predicted octanol–water partition coefficient (Wildman–Crippen LogP) is 1.52. The molecule has 0 fully saturated rings. The molecule has 0 spiro atoms. The van der Waals surface area contributed by atoms with Crippen LogP contribution in [0, 0.1) is 6.92 Å². The zero-order chi connectivity index (χ0) is 22.4. The van der Waals surface area contributed by atoms with Crippen LogP contribution in [0.1, 0.15) is 21.6 Å². The summed E-state index contributed by atoms with van der Waals surface area (Å²) < 4.78 is 5.38. The number of carbonyl (C=O) groups excluding carboxylic acids is 1. The Kier molecular flexibility index (Phi) is 6.40. The first-order chi connectivity index (χ1) is 15.0. The SMILES string of the molecule is CNC(=O)c1nnc(Nc2cc(C)ccn2)cc1Nc1nccc(/C(N)=N\O)c1OC. The summed E-state index contributed by atoms with van der Waals surface area (Å²) >= 11 is 0. The van der Waals surface area contributed by atoms with Gasteiger partial charge in [-0.05, 0) is 30.7 Å². The third-order valence-corrected chi connectivity index (χ3v) is 4.15. The molecular weight excluding hydrogens is 402 g/mol. The molecule has 0 aromatic carbocycles. The van der Waals surface area contributed by atoms with Crippen molar-refractivity contribution in [1.82, 2.24) is 25.5 Å². The normalized spacial score (nSPS) is 11.0. The van der Waals surface area contributed by atoms with Crippen molar-refractivity contribution >= 4 is 34.9 Å². The predicted molar refractivity (Wildman–Crippen MR) is 114 cm³/mol. The van der Waals surface area contributed by atoms with Gasteiger partial charge in [0.15, 0.2) is 28.9 Å². The van der Waals surface area contributed by atoms with Gasteiger partial charge < -0.3 is 31.6 Å². The van der Waals surface area contributed by atoms with Crippen LogP contribution in [0.3, 0.4) is 0 Å². The van der Waals surface area contributed by atoms with Crippen molar-refractivity contribution in [3.05, 3.63) is 53.5 Å². The van der Waals surface area contributed by atoms with Crippen molar-refractivity contribution in [2.45, 2.75) is 6.92 Å². The number of amides is 1. The van der Waals surface area contributed by atoms with E-state index in [-0.39, 0.29) is 23.1 Å². The molecule has 31 heavy (non-hydrogen) atoms. The average Bonchev–Trinajstić information content (AvgIpc) is 2.78. The lowest BCUT2D eigenvalue weighted by Crippen LogP contribution is -2.22. The third kappa shape index (κ3) is 4.75. The van der Waals surface area contributed by atoms with E-state index in [4.69, 9.17) is 15.7 Å². The summed E-state index contributed by atoms with van der Waals surface area (Å²) in [6.07, 6.45) is 3.11. The summed E-state index contributed by atoms with van der Waals surface area (Å²) in [5.74, 6) is 0.741. The van der Waals surface area contributed by atoms with E-state index in [0.29, 0.717) is 22.9 Å². The molecule has 3 aromatic rings. The molecule has 0 unspecified atom stereocenters. The number of rotatable bonds is 7. The highest BCUT2D eigenvalue weighted by Crippen LogP contribution is 2.31. The maximum Gasteiger partial charge on any atom is 0.273 e. The smallest absolute Gasteiger partial charge is 0.273 e. The lowest BCUT2D eigenvalue weighted by Gasteiger charge is -2.15. The van der Waals surface area contributed by atoms with Gasteiger partial charge in [-0.2, -0.15) is 0 Å². The van der Waals surface area contributed by atoms with Gasteiger partial charge in [0.2, 0.25) is 0 Å². The topological polar surface area (TPSA) is 173 Å². The number of nitrogens with two attached hydrogens (primary N) is 1. The van der Waals surface area contributed by atoms with Gasteiger partial charge in [0.1, 0.15) is 5.82 Å². The van der Waals surface area contributed by atoms with Crippen molar-refractivity contribution < 1.29 is 14.7 Å². The number of nitrogens with one attached hydrogen (secondary N) is 3. The van der Waals surface area contributed by atoms with E-state index < -0.39 is 5.91 Å². The fraction of sp³-hybridized carbons (Fsp3) is 0.158. The average molecular weight is 423 g/mol. The highest BCUT2D eigenvalue weighted by atomic mass is 16.5. The van der Waals surface area contributed by atoms with Crippen LogP contribution in [0.15, 0.2) is 41.8 Å². The molecule has 0 radical (unpaired) electrons. The highest BCUT2D eigenvalue weighted by molar-refractivity contribution is 6.02. The third-order valence-electron chi connectivity index (χ3n) is 4.15. The molecule has 0 saturated heterocycles. The number of hydrogen-bond acceptors (Lipinski definition) is 10. The van der Waals surface area contributed by atoms with Crippen molar-refractivity contribution in [3.63, 3.8) is 0 Å². The van der Waals surface area contributed by atoms with Crippen LogP contribution in [0.2, 0.25) is 0 Å². The molecule has 12 nitrogen and oxygen atoms in total. The molecule has 12 heteroatoms. The molecule has 0 aliphatic carbocycles. The monoisotopic (exact) mass is 423 g/mol. The molecule has 1 amide bonds. The Balaban J connectivity index is 2.03. The number of anilines is 4. The Labute approximate surface area is 177 Å². The van der Waals surface area contributed by atoms with Crippen LogP contribution in [-0.2, 0) is 0 Å². The second-order valence-electron chi connectivity index (χ2n) is 6.27. The first-order valence-corrected chi connectivity index (χ1v) is 9.04. The molecule has 160 valence electrons. The van der Waals surface area contributed by atoms with Gasteiger partial charge >= 0.3 is 0 Å².